The van der Waals surface area contributed by atoms with Gasteiger partial charge in [-0.25, -0.2) is 0 Å². The van der Waals surface area contributed by atoms with Gasteiger partial charge in [-0.3, -0.25) is 20.2 Å². The summed E-state index contributed by atoms with van der Waals surface area (Å²) in [5.41, 5.74) is 2.54. The lowest BCUT2D eigenvalue weighted by atomic mass is 9.99. The van der Waals surface area contributed by atoms with Crippen molar-refractivity contribution in [1.29, 1.82) is 0 Å². The summed E-state index contributed by atoms with van der Waals surface area (Å²) in [6.07, 6.45) is 0. The van der Waals surface area contributed by atoms with Crippen molar-refractivity contribution in [3.8, 4) is 0 Å². The number of hydrogen-bond donors (Lipinski definition) is 2. The highest BCUT2D eigenvalue weighted by Gasteiger charge is 2.16. The summed E-state index contributed by atoms with van der Waals surface area (Å²) in [6, 6.07) is 23.9. The quantitative estimate of drug-likeness (QED) is 0.413. The molecule has 1 amide bonds. The number of benzene rings is 3. The van der Waals surface area contributed by atoms with E-state index in [1.54, 1.807) is 0 Å². The molecule has 0 saturated carbocycles. The Morgan fingerprint density at radius 2 is 1.54 bits per heavy atom. The minimum atomic E-state index is -0.484. The van der Waals surface area contributed by atoms with Crippen molar-refractivity contribution in [2.24, 2.45) is 0 Å². The predicted molar refractivity (Wildman–Crippen MR) is 112 cm³/mol. The zero-order valence-electron chi connectivity index (χ0n) is 14.8. The van der Waals surface area contributed by atoms with Crippen LogP contribution in [0.1, 0.15) is 17.2 Å². The molecule has 0 aromatic heterocycles. The van der Waals surface area contributed by atoms with Crippen LogP contribution in [0.5, 0.6) is 0 Å². The normalized spacial score (nSPS) is 10.6. The molecule has 0 aliphatic carbocycles. The lowest BCUT2D eigenvalue weighted by Crippen LogP contribution is -2.32. The number of nitro groups is 1. The molecular formula is C21H18BrN3O3. The van der Waals surface area contributed by atoms with Gasteiger partial charge in [0.25, 0.3) is 5.69 Å². The minimum absolute atomic E-state index is 0.0452. The average molecular weight is 440 g/mol. The van der Waals surface area contributed by atoms with Crippen LogP contribution in [0.15, 0.2) is 83.3 Å². The van der Waals surface area contributed by atoms with Crippen LogP contribution in [0.2, 0.25) is 0 Å². The molecular weight excluding hydrogens is 422 g/mol. The van der Waals surface area contributed by atoms with E-state index < -0.39 is 4.92 Å². The fraction of sp³-hybridized carbons (Fsp3) is 0.0952. The molecule has 2 N–H and O–H groups in total. The summed E-state index contributed by atoms with van der Waals surface area (Å²) >= 11 is 3.26. The van der Waals surface area contributed by atoms with E-state index in [2.05, 4.69) is 26.6 Å². The number of carbonyl (C=O) groups excluding carboxylic acids is 1. The molecule has 0 unspecified atom stereocenters. The molecule has 0 heterocycles. The maximum atomic E-state index is 12.4. The van der Waals surface area contributed by atoms with Crippen molar-refractivity contribution in [1.82, 2.24) is 5.32 Å². The van der Waals surface area contributed by atoms with Gasteiger partial charge in [0.2, 0.25) is 5.91 Å². The number of carbonyl (C=O) groups is 1. The topological polar surface area (TPSA) is 84.3 Å². The van der Waals surface area contributed by atoms with Gasteiger partial charge in [0.15, 0.2) is 0 Å². The molecule has 3 rings (SSSR count). The monoisotopic (exact) mass is 439 g/mol. The van der Waals surface area contributed by atoms with Gasteiger partial charge in [0.1, 0.15) is 0 Å². The Balaban J connectivity index is 1.70. The summed E-state index contributed by atoms with van der Waals surface area (Å²) in [6.45, 7) is 0.0812. The molecule has 0 atom stereocenters. The first kappa shape index (κ1) is 19.7. The standard InChI is InChI=1S/C21H18BrN3O3/c22-18-13-17(25(27)28)11-12-19(18)24-20(26)14-23-21(15-7-3-1-4-8-15)16-9-5-2-6-10-16/h1-13,21,23H,14H2,(H,24,26). The van der Waals surface area contributed by atoms with E-state index >= 15 is 0 Å². The number of anilines is 1. The Bertz CT molecular complexity index is 926. The highest BCUT2D eigenvalue weighted by molar-refractivity contribution is 9.10. The minimum Gasteiger partial charge on any atom is -0.324 e. The van der Waals surface area contributed by atoms with E-state index in [0.29, 0.717) is 10.2 Å². The summed E-state index contributed by atoms with van der Waals surface area (Å²) in [5.74, 6) is -0.244. The van der Waals surface area contributed by atoms with Gasteiger partial charge in [-0.1, -0.05) is 60.7 Å². The van der Waals surface area contributed by atoms with Crippen LogP contribution in [-0.2, 0) is 4.79 Å². The van der Waals surface area contributed by atoms with Crippen LogP contribution in [0.25, 0.3) is 0 Å². The third kappa shape index (κ3) is 5.03. The van der Waals surface area contributed by atoms with E-state index in [1.807, 2.05) is 60.7 Å². The van der Waals surface area contributed by atoms with E-state index in [4.69, 9.17) is 0 Å². The Morgan fingerprint density at radius 1 is 0.964 bits per heavy atom. The molecule has 0 radical (unpaired) electrons. The third-order valence-electron chi connectivity index (χ3n) is 4.17. The van der Waals surface area contributed by atoms with E-state index in [0.717, 1.165) is 11.1 Å². The summed E-state index contributed by atoms with van der Waals surface area (Å²) in [4.78, 5) is 22.8. The van der Waals surface area contributed by atoms with E-state index in [1.165, 1.54) is 18.2 Å². The molecule has 28 heavy (non-hydrogen) atoms. The van der Waals surface area contributed by atoms with Gasteiger partial charge in [0, 0.05) is 16.6 Å². The number of nitrogens with zero attached hydrogens (tertiary/aromatic N) is 1. The number of nitro benzene ring substituents is 1. The molecule has 0 spiro atoms. The molecule has 6 nitrogen and oxygen atoms in total. The largest absolute Gasteiger partial charge is 0.324 e. The maximum Gasteiger partial charge on any atom is 0.270 e. The predicted octanol–water partition coefficient (Wildman–Crippen LogP) is 4.68. The highest BCUT2D eigenvalue weighted by atomic mass is 79.9. The Morgan fingerprint density at radius 3 is 2.04 bits per heavy atom. The average Bonchev–Trinajstić information content (AvgIpc) is 2.71. The highest BCUT2D eigenvalue weighted by Crippen LogP contribution is 2.27. The van der Waals surface area contributed by atoms with Crippen LogP contribution in [0.3, 0.4) is 0 Å². The van der Waals surface area contributed by atoms with E-state index in [9.17, 15) is 14.9 Å². The summed E-state index contributed by atoms with van der Waals surface area (Å²) in [5, 5.41) is 16.9. The fourth-order valence-corrected chi connectivity index (χ4v) is 3.29. The molecule has 7 heteroatoms. The zero-order valence-corrected chi connectivity index (χ0v) is 16.4. The molecule has 0 aliphatic heterocycles. The SMILES string of the molecule is O=C(CNC(c1ccccc1)c1ccccc1)Nc1ccc([N+](=O)[O-])cc1Br. The Labute approximate surface area is 170 Å². The van der Waals surface area contributed by atoms with Crippen molar-refractivity contribution in [3.63, 3.8) is 0 Å². The van der Waals surface area contributed by atoms with Gasteiger partial charge in [-0.2, -0.15) is 0 Å². The van der Waals surface area contributed by atoms with Crippen molar-refractivity contribution in [3.05, 3.63) is 105 Å². The number of halogens is 1. The molecule has 0 fully saturated rings. The summed E-state index contributed by atoms with van der Waals surface area (Å²) in [7, 11) is 0. The van der Waals surface area contributed by atoms with Gasteiger partial charge >= 0.3 is 0 Å². The van der Waals surface area contributed by atoms with Crippen molar-refractivity contribution in [2.45, 2.75) is 6.04 Å². The fourth-order valence-electron chi connectivity index (χ4n) is 2.83. The molecule has 3 aromatic rings. The van der Waals surface area contributed by atoms with Crippen LogP contribution in [-0.4, -0.2) is 17.4 Å². The maximum absolute atomic E-state index is 12.4. The number of hydrogen-bond acceptors (Lipinski definition) is 4. The molecule has 3 aromatic carbocycles. The smallest absolute Gasteiger partial charge is 0.270 e. The first-order valence-corrected chi connectivity index (χ1v) is 9.41. The third-order valence-corrected chi connectivity index (χ3v) is 4.83. The second-order valence-corrected chi connectivity index (χ2v) is 6.96. The van der Waals surface area contributed by atoms with Crippen LogP contribution in [0, 0.1) is 10.1 Å². The van der Waals surface area contributed by atoms with E-state index in [-0.39, 0.29) is 24.2 Å². The van der Waals surface area contributed by atoms with Gasteiger partial charge in [-0.15, -0.1) is 0 Å². The van der Waals surface area contributed by atoms with Crippen LogP contribution in [0.4, 0.5) is 11.4 Å². The molecule has 0 aliphatic rings. The zero-order chi connectivity index (χ0) is 19.9. The van der Waals surface area contributed by atoms with Gasteiger partial charge < -0.3 is 5.32 Å². The van der Waals surface area contributed by atoms with Gasteiger partial charge in [-0.05, 0) is 33.1 Å². The van der Waals surface area contributed by atoms with Crippen molar-refractivity contribution in [2.75, 3.05) is 11.9 Å². The molecule has 142 valence electrons. The first-order chi connectivity index (χ1) is 13.5. The number of non-ortho nitro benzene ring substituents is 1. The summed E-state index contributed by atoms with van der Waals surface area (Å²) < 4.78 is 0.456. The number of nitrogens with one attached hydrogen (secondary N) is 2. The lowest BCUT2D eigenvalue weighted by Gasteiger charge is -2.20. The van der Waals surface area contributed by atoms with Crippen molar-refractivity contribution >= 4 is 33.2 Å². The second kappa shape index (κ2) is 9.25. The molecule has 0 saturated heterocycles. The first-order valence-electron chi connectivity index (χ1n) is 8.61. The van der Waals surface area contributed by atoms with Crippen LogP contribution >= 0.6 is 15.9 Å². The molecule has 0 bridgehead atoms. The number of rotatable bonds is 7. The second-order valence-electron chi connectivity index (χ2n) is 6.10. The van der Waals surface area contributed by atoms with Crippen LogP contribution < -0.4 is 10.6 Å². The lowest BCUT2D eigenvalue weighted by molar-refractivity contribution is -0.384. The Hall–Kier alpha value is -3.03. The van der Waals surface area contributed by atoms with Crippen molar-refractivity contribution < 1.29 is 9.72 Å². The number of amides is 1. The van der Waals surface area contributed by atoms with Gasteiger partial charge in [0.05, 0.1) is 23.2 Å². The Kier molecular flexibility index (Phi) is 6.52.